The van der Waals surface area contributed by atoms with Crippen molar-refractivity contribution in [1.82, 2.24) is 24.5 Å². The molecule has 5 nitrogen and oxygen atoms in total. The van der Waals surface area contributed by atoms with Crippen LogP contribution in [0.15, 0.2) is 49.2 Å². The smallest absolute Gasteiger partial charge is 0.0856 e. The molecule has 0 spiro atoms. The first-order valence-corrected chi connectivity index (χ1v) is 14.8. The van der Waals surface area contributed by atoms with Crippen molar-refractivity contribution in [1.29, 1.82) is 0 Å². The fraction of sp³-hybridized carbons (Fsp3) is 0.531. The number of nitrogens with zero attached hydrogens (tertiary/aromatic N) is 5. The predicted octanol–water partition coefficient (Wildman–Crippen LogP) is 7.40. The molecule has 0 radical (unpaired) electrons. The van der Waals surface area contributed by atoms with Gasteiger partial charge in [0.25, 0.3) is 0 Å². The first kappa shape index (κ1) is 28.5. The van der Waals surface area contributed by atoms with E-state index in [2.05, 4.69) is 84.6 Å². The zero-order valence-electron chi connectivity index (χ0n) is 24.0. The molecular weight excluding hydrogens is 490 g/mol. The van der Waals surface area contributed by atoms with Gasteiger partial charge in [0, 0.05) is 53.0 Å². The molecule has 0 amide bonds. The Kier molecular flexibility index (Phi) is 9.78. The maximum atomic E-state index is 6.52. The highest BCUT2D eigenvalue weighted by molar-refractivity contribution is 6.30. The Morgan fingerprint density at radius 1 is 1.13 bits per heavy atom. The fourth-order valence-corrected chi connectivity index (χ4v) is 5.97. The molecule has 1 aromatic heterocycles. The van der Waals surface area contributed by atoms with Gasteiger partial charge in [-0.1, -0.05) is 37.7 Å². The lowest BCUT2D eigenvalue weighted by Crippen LogP contribution is -2.35. The molecule has 2 aliphatic rings. The highest BCUT2D eigenvalue weighted by Gasteiger charge is 2.29. The van der Waals surface area contributed by atoms with E-state index < -0.39 is 0 Å². The van der Waals surface area contributed by atoms with Crippen LogP contribution in [0.2, 0.25) is 5.02 Å². The number of allylic oxidation sites excluding steroid dienone is 2. The summed E-state index contributed by atoms with van der Waals surface area (Å²) in [5.41, 5.74) is 8.04. The van der Waals surface area contributed by atoms with E-state index in [1.54, 1.807) is 0 Å². The normalized spacial score (nSPS) is 18.2. The van der Waals surface area contributed by atoms with Crippen LogP contribution in [-0.2, 0) is 6.42 Å². The number of piperidine rings is 1. The predicted molar refractivity (Wildman–Crippen MR) is 162 cm³/mol. The molecule has 1 aromatic carbocycles. The average molecular weight is 536 g/mol. The Morgan fingerprint density at radius 2 is 1.92 bits per heavy atom. The van der Waals surface area contributed by atoms with E-state index in [4.69, 9.17) is 16.7 Å². The van der Waals surface area contributed by atoms with Gasteiger partial charge in [0.05, 0.1) is 11.7 Å². The van der Waals surface area contributed by atoms with Crippen LogP contribution in [0.5, 0.6) is 0 Å². The average Bonchev–Trinajstić information content (AvgIpc) is 3.25. The second kappa shape index (κ2) is 13.0. The van der Waals surface area contributed by atoms with E-state index in [1.165, 1.54) is 36.8 Å². The van der Waals surface area contributed by atoms with Gasteiger partial charge in [-0.15, -0.1) is 0 Å². The lowest BCUT2D eigenvalue weighted by molar-refractivity contribution is 0.226. The number of halogens is 1. The molecule has 2 fully saturated rings. The van der Waals surface area contributed by atoms with E-state index in [0.29, 0.717) is 0 Å². The molecule has 2 aromatic rings. The molecular formula is C32H46ClN5. The minimum atomic E-state index is 0.213. The van der Waals surface area contributed by atoms with Gasteiger partial charge in [0.15, 0.2) is 0 Å². The summed E-state index contributed by atoms with van der Waals surface area (Å²) in [5.74, 6) is 0. The van der Waals surface area contributed by atoms with Gasteiger partial charge in [-0.2, -0.15) is 5.10 Å². The van der Waals surface area contributed by atoms with Crippen molar-refractivity contribution in [3.05, 3.63) is 76.7 Å². The summed E-state index contributed by atoms with van der Waals surface area (Å²) in [7, 11) is 2.21. The van der Waals surface area contributed by atoms with E-state index in [9.17, 15) is 0 Å². The Hall–Kier alpha value is -2.50. The van der Waals surface area contributed by atoms with E-state index in [-0.39, 0.29) is 6.04 Å². The van der Waals surface area contributed by atoms with Crippen LogP contribution >= 0.6 is 11.6 Å². The van der Waals surface area contributed by atoms with Gasteiger partial charge in [-0.05, 0) is 109 Å². The van der Waals surface area contributed by atoms with Crippen LogP contribution in [0.3, 0.4) is 0 Å². The highest BCUT2D eigenvalue weighted by Crippen LogP contribution is 2.38. The van der Waals surface area contributed by atoms with Gasteiger partial charge in [-0.3, -0.25) is 0 Å². The number of likely N-dealkylation sites (tertiary alicyclic amines) is 2. The maximum absolute atomic E-state index is 6.52. The second-order valence-electron chi connectivity index (χ2n) is 11.1. The zero-order chi connectivity index (χ0) is 27.2. The summed E-state index contributed by atoms with van der Waals surface area (Å²) < 4.78 is 2.08. The lowest BCUT2D eigenvalue weighted by atomic mass is 9.94. The van der Waals surface area contributed by atoms with Crippen LogP contribution < -0.4 is 0 Å². The largest absolute Gasteiger partial charge is 0.372 e. The van der Waals surface area contributed by atoms with Gasteiger partial charge >= 0.3 is 0 Å². The topological polar surface area (TPSA) is 27.5 Å². The molecule has 1 unspecified atom stereocenters. The SMILES string of the molecule is C=C(/C=C(/C)n1nc(C2CCCCN2C(=C)c2cc(Cl)ccc2CCCN(C)CCC)cc1C)N1CCC1. The molecule has 2 saturated heterocycles. The molecule has 206 valence electrons. The minimum Gasteiger partial charge on any atom is -0.372 e. The highest BCUT2D eigenvalue weighted by atomic mass is 35.5. The number of hydrogen-bond donors (Lipinski definition) is 0. The minimum absolute atomic E-state index is 0.213. The molecule has 4 rings (SSSR count). The van der Waals surface area contributed by atoms with Crippen molar-refractivity contribution >= 4 is 23.0 Å². The molecule has 38 heavy (non-hydrogen) atoms. The summed E-state index contributed by atoms with van der Waals surface area (Å²) in [4.78, 5) is 7.21. The van der Waals surface area contributed by atoms with Gasteiger partial charge in [-0.25, -0.2) is 4.68 Å². The number of aryl methyl sites for hydroxylation is 2. The Morgan fingerprint density at radius 3 is 2.63 bits per heavy atom. The van der Waals surface area contributed by atoms with Crippen molar-refractivity contribution in [3.8, 4) is 0 Å². The maximum Gasteiger partial charge on any atom is 0.0856 e. The van der Waals surface area contributed by atoms with Crippen LogP contribution in [0.25, 0.3) is 11.4 Å². The Balaban J connectivity index is 1.54. The zero-order valence-corrected chi connectivity index (χ0v) is 24.7. The Bertz CT molecular complexity index is 1160. The monoisotopic (exact) mass is 535 g/mol. The van der Waals surface area contributed by atoms with Crippen LogP contribution in [0.1, 0.15) is 80.9 Å². The van der Waals surface area contributed by atoms with Crippen molar-refractivity contribution < 1.29 is 0 Å². The van der Waals surface area contributed by atoms with E-state index >= 15 is 0 Å². The third-order valence-electron chi connectivity index (χ3n) is 8.04. The summed E-state index contributed by atoms with van der Waals surface area (Å²) in [6.07, 6.45) is 10.2. The first-order valence-electron chi connectivity index (χ1n) is 14.4. The second-order valence-corrected chi connectivity index (χ2v) is 11.5. The van der Waals surface area contributed by atoms with Crippen molar-refractivity contribution in [3.63, 3.8) is 0 Å². The van der Waals surface area contributed by atoms with E-state index in [1.807, 2.05) is 6.07 Å². The van der Waals surface area contributed by atoms with Crippen molar-refractivity contribution in [2.75, 3.05) is 39.8 Å². The summed E-state index contributed by atoms with van der Waals surface area (Å²) >= 11 is 6.52. The first-order chi connectivity index (χ1) is 18.3. The molecule has 0 N–H and O–H groups in total. The molecule has 0 saturated carbocycles. The molecule has 6 heteroatoms. The van der Waals surface area contributed by atoms with Crippen molar-refractivity contribution in [2.45, 2.75) is 71.8 Å². The third kappa shape index (κ3) is 6.73. The molecule has 2 aliphatic heterocycles. The standard InChI is InChI=1S/C32H46ClN5/c1-7-16-35(6)17-10-12-28-14-15-29(33)23-30(28)27(5)37-20-9-8-13-32(37)31-22-26(4)38(34-31)25(3)21-24(2)36-18-11-19-36/h14-15,21-23,32H,2,5,7-13,16-20H2,1,3-4,6H3/b25-21-. The number of hydrogen-bond acceptors (Lipinski definition) is 4. The molecule has 0 aliphatic carbocycles. The summed E-state index contributed by atoms with van der Waals surface area (Å²) in [6.45, 7) is 20.8. The van der Waals surface area contributed by atoms with Crippen molar-refractivity contribution in [2.24, 2.45) is 0 Å². The molecule has 3 heterocycles. The fourth-order valence-electron chi connectivity index (χ4n) is 5.80. The van der Waals surface area contributed by atoms with Crippen LogP contribution in [-0.4, -0.2) is 64.3 Å². The molecule has 0 bridgehead atoms. The van der Waals surface area contributed by atoms with Gasteiger partial charge in [0.1, 0.15) is 0 Å². The summed E-state index contributed by atoms with van der Waals surface area (Å²) in [5, 5.41) is 5.89. The number of aromatic nitrogens is 2. The van der Waals surface area contributed by atoms with Crippen LogP contribution in [0.4, 0.5) is 0 Å². The Labute approximate surface area is 235 Å². The third-order valence-corrected chi connectivity index (χ3v) is 8.28. The molecule has 1 atom stereocenters. The van der Waals surface area contributed by atoms with Gasteiger partial charge < -0.3 is 14.7 Å². The number of rotatable bonds is 12. The quantitative estimate of drug-likeness (QED) is 0.265. The van der Waals surface area contributed by atoms with E-state index in [0.717, 1.165) is 85.5 Å². The van der Waals surface area contributed by atoms with Gasteiger partial charge in [0.2, 0.25) is 0 Å². The lowest BCUT2D eigenvalue weighted by Gasteiger charge is -2.38. The van der Waals surface area contributed by atoms with Crippen LogP contribution in [0, 0.1) is 6.92 Å². The summed E-state index contributed by atoms with van der Waals surface area (Å²) in [6, 6.07) is 8.79. The number of benzene rings is 1.